The number of fused-ring (bicyclic) bond motifs is 1. The molecular formula is C23H25N3O3. The Kier molecular flexibility index (Phi) is 6.44. The van der Waals surface area contributed by atoms with Crippen molar-refractivity contribution in [3.05, 3.63) is 83.4 Å². The molecule has 29 heavy (non-hydrogen) atoms. The lowest BCUT2D eigenvalue weighted by Gasteiger charge is -2.36. The Labute approximate surface area is 170 Å². The Balaban J connectivity index is 1.80. The zero-order chi connectivity index (χ0) is 20.8. The molecule has 3 rings (SSSR count). The van der Waals surface area contributed by atoms with Crippen LogP contribution in [0.3, 0.4) is 0 Å². The molecule has 3 amide bonds. The minimum absolute atomic E-state index is 0.140. The third kappa shape index (κ3) is 4.71. The van der Waals surface area contributed by atoms with E-state index in [2.05, 4.69) is 17.2 Å². The molecule has 1 atom stereocenters. The van der Waals surface area contributed by atoms with Crippen molar-refractivity contribution >= 4 is 17.7 Å². The highest BCUT2D eigenvalue weighted by Gasteiger charge is 2.34. The van der Waals surface area contributed by atoms with Crippen LogP contribution >= 0.6 is 0 Å². The number of carbonyl (C=O) groups is 3. The van der Waals surface area contributed by atoms with E-state index in [4.69, 9.17) is 0 Å². The normalized spacial score (nSPS) is 15.2. The number of amides is 3. The minimum Gasteiger partial charge on any atom is -0.355 e. The lowest BCUT2D eigenvalue weighted by Crippen LogP contribution is -2.52. The van der Waals surface area contributed by atoms with Gasteiger partial charge in [-0.05, 0) is 41.8 Å². The van der Waals surface area contributed by atoms with E-state index in [-0.39, 0.29) is 17.7 Å². The number of nitrogens with zero attached hydrogens (tertiary/aromatic N) is 1. The smallest absolute Gasteiger partial charge is 0.254 e. The first kappa shape index (κ1) is 20.3. The summed E-state index contributed by atoms with van der Waals surface area (Å²) in [6.07, 6.45) is 1.72. The Hall–Kier alpha value is -3.41. The van der Waals surface area contributed by atoms with Crippen LogP contribution in [0.2, 0.25) is 0 Å². The predicted molar refractivity (Wildman–Crippen MR) is 111 cm³/mol. The van der Waals surface area contributed by atoms with Gasteiger partial charge in [0.15, 0.2) is 0 Å². The van der Waals surface area contributed by atoms with Gasteiger partial charge < -0.3 is 15.5 Å². The Bertz CT molecular complexity index is 921. The number of nitrogens with one attached hydrogen (secondary N) is 2. The summed E-state index contributed by atoms with van der Waals surface area (Å²) in [5.41, 5.74) is 3.55. The van der Waals surface area contributed by atoms with Gasteiger partial charge in [0.1, 0.15) is 6.04 Å². The van der Waals surface area contributed by atoms with Gasteiger partial charge in [0, 0.05) is 31.6 Å². The Morgan fingerprint density at radius 3 is 2.41 bits per heavy atom. The quantitative estimate of drug-likeness (QED) is 0.741. The molecule has 2 aromatic rings. The summed E-state index contributed by atoms with van der Waals surface area (Å²) in [6, 6.07) is 14.4. The first-order chi connectivity index (χ1) is 14.0. The maximum Gasteiger partial charge on any atom is 0.254 e. The molecule has 0 radical (unpaired) electrons. The molecule has 0 aliphatic carbocycles. The molecule has 6 heteroatoms. The third-order valence-corrected chi connectivity index (χ3v) is 5.02. The SMILES string of the molecule is C=CC(=O)NCc1ccc(C(=O)N2Cc3ccccc3C[C@@H]2C(=O)NCC)cc1. The fourth-order valence-corrected chi connectivity index (χ4v) is 3.46. The van der Waals surface area contributed by atoms with E-state index in [1.165, 1.54) is 6.08 Å². The van der Waals surface area contributed by atoms with Crippen molar-refractivity contribution < 1.29 is 14.4 Å². The maximum absolute atomic E-state index is 13.2. The van der Waals surface area contributed by atoms with Crippen LogP contribution in [-0.4, -0.2) is 35.2 Å². The fraction of sp³-hybridized carbons (Fsp3) is 0.261. The van der Waals surface area contributed by atoms with E-state index in [9.17, 15) is 14.4 Å². The van der Waals surface area contributed by atoms with Crippen LogP contribution in [0.5, 0.6) is 0 Å². The lowest BCUT2D eigenvalue weighted by atomic mass is 9.92. The lowest BCUT2D eigenvalue weighted by molar-refractivity contribution is -0.126. The third-order valence-electron chi connectivity index (χ3n) is 5.02. The van der Waals surface area contributed by atoms with E-state index in [1.807, 2.05) is 31.2 Å². The summed E-state index contributed by atoms with van der Waals surface area (Å²) in [5.74, 6) is -0.571. The molecule has 1 aliphatic rings. The number of likely N-dealkylation sites (N-methyl/N-ethyl adjacent to an activating group) is 1. The first-order valence-corrected chi connectivity index (χ1v) is 9.68. The molecule has 0 saturated heterocycles. The fourth-order valence-electron chi connectivity index (χ4n) is 3.46. The van der Waals surface area contributed by atoms with Crippen molar-refractivity contribution in [3.8, 4) is 0 Å². The summed E-state index contributed by atoms with van der Waals surface area (Å²) in [5, 5.41) is 5.55. The highest BCUT2D eigenvalue weighted by Crippen LogP contribution is 2.25. The zero-order valence-corrected chi connectivity index (χ0v) is 16.5. The largest absolute Gasteiger partial charge is 0.355 e. The van der Waals surface area contributed by atoms with Gasteiger partial charge in [-0.3, -0.25) is 14.4 Å². The summed E-state index contributed by atoms with van der Waals surface area (Å²) in [6.45, 7) is 6.56. The highest BCUT2D eigenvalue weighted by atomic mass is 16.2. The second-order valence-corrected chi connectivity index (χ2v) is 6.94. The van der Waals surface area contributed by atoms with Crippen molar-refractivity contribution in [2.45, 2.75) is 32.5 Å². The van der Waals surface area contributed by atoms with Crippen molar-refractivity contribution in [3.63, 3.8) is 0 Å². The standard InChI is InChI=1S/C23H25N3O3/c1-3-21(27)25-14-16-9-11-17(12-10-16)23(29)26-15-19-8-6-5-7-18(19)13-20(26)22(28)24-4-2/h3,5-12,20H,1,4,13-15H2,2H3,(H,24,28)(H,25,27)/t20-/m1/s1. The molecule has 2 N–H and O–H groups in total. The van der Waals surface area contributed by atoms with Crippen molar-refractivity contribution in [2.75, 3.05) is 6.54 Å². The predicted octanol–water partition coefficient (Wildman–Crippen LogP) is 2.19. The minimum atomic E-state index is -0.538. The van der Waals surface area contributed by atoms with E-state index in [0.717, 1.165) is 16.7 Å². The van der Waals surface area contributed by atoms with Crippen LogP contribution in [-0.2, 0) is 29.1 Å². The summed E-state index contributed by atoms with van der Waals surface area (Å²) < 4.78 is 0. The maximum atomic E-state index is 13.2. The van der Waals surface area contributed by atoms with Crippen molar-refractivity contribution in [1.82, 2.24) is 15.5 Å². The van der Waals surface area contributed by atoms with Crippen molar-refractivity contribution in [1.29, 1.82) is 0 Å². The number of rotatable bonds is 6. The van der Waals surface area contributed by atoms with Gasteiger partial charge in [-0.15, -0.1) is 0 Å². The van der Waals surface area contributed by atoms with Gasteiger partial charge in [-0.2, -0.15) is 0 Å². The van der Waals surface area contributed by atoms with Crippen molar-refractivity contribution in [2.24, 2.45) is 0 Å². The monoisotopic (exact) mass is 391 g/mol. The van der Waals surface area contributed by atoms with Crippen LogP contribution in [0.4, 0.5) is 0 Å². The molecule has 0 spiro atoms. The first-order valence-electron chi connectivity index (χ1n) is 9.68. The molecule has 0 fully saturated rings. The molecule has 2 aromatic carbocycles. The van der Waals surface area contributed by atoms with E-state index < -0.39 is 6.04 Å². The second kappa shape index (κ2) is 9.19. The molecule has 0 bridgehead atoms. The molecule has 0 aromatic heterocycles. The molecule has 0 unspecified atom stereocenters. The molecule has 150 valence electrons. The van der Waals surface area contributed by atoms with Gasteiger partial charge in [0.25, 0.3) is 5.91 Å². The van der Waals surface area contributed by atoms with Gasteiger partial charge in [-0.1, -0.05) is 43.0 Å². The average molecular weight is 391 g/mol. The van der Waals surface area contributed by atoms with Gasteiger partial charge in [-0.25, -0.2) is 0 Å². The van der Waals surface area contributed by atoms with Crippen LogP contribution in [0.15, 0.2) is 61.2 Å². The Morgan fingerprint density at radius 1 is 1.07 bits per heavy atom. The topological polar surface area (TPSA) is 78.5 Å². The van der Waals surface area contributed by atoms with E-state index in [0.29, 0.717) is 31.6 Å². The highest BCUT2D eigenvalue weighted by molar-refractivity contribution is 5.98. The molecule has 1 heterocycles. The number of hydrogen-bond acceptors (Lipinski definition) is 3. The number of hydrogen-bond donors (Lipinski definition) is 2. The zero-order valence-electron chi connectivity index (χ0n) is 16.5. The van der Waals surface area contributed by atoms with Gasteiger partial charge in [0.05, 0.1) is 0 Å². The van der Waals surface area contributed by atoms with Gasteiger partial charge in [0.2, 0.25) is 11.8 Å². The molecule has 6 nitrogen and oxygen atoms in total. The summed E-state index contributed by atoms with van der Waals surface area (Å²) in [7, 11) is 0. The molecular weight excluding hydrogens is 366 g/mol. The summed E-state index contributed by atoms with van der Waals surface area (Å²) in [4.78, 5) is 38.8. The number of carbonyl (C=O) groups excluding carboxylic acids is 3. The van der Waals surface area contributed by atoms with Gasteiger partial charge >= 0.3 is 0 Å². The second-order valence-electron chi connectivity index (χ2n) is 6.94. The van der Waals surface area contributed by atoms with Crippen LogP contribution < -0.4 is 10.6 Å². The molecule has 0 saturated carbocycles. The summed E-state index contributed by atoms with van der Waals surface area (Å²) >= 11 is 0. The Morgan fingerprint density at radius 2 is 1.76 bits per heavy atom. The average Bonchev–Trinajstić information content (AvgIpc) is 2.76. The van der Waals surface area contributed by atoms with E-state index >= 15 is 0 Å². The molecule has 1 aliphatic heterocycles. The number of benzene rings is 2. The van der Waals surface area contributed by atoms with E-state index in [1.54, 1.807) is 29.2 Å². The van der Waals surface area contributed by atoms with Crippen LogP contribution in [0.1, 0.15) is 34.0 Å². The van der Waals surface area contributed by atoms with Crippen LogP contribution in [0.25, 0.3) is 0 Å². The van der Waals surface area contributed by atoms with Crippen LogP contribution in [0, 0.1) is 0 Å².